The Morgan fingerprint density at radius 3 is 2.74 bits per heavy atom. The van der Waals surface area contributed by atoms with Crippen molar-refractivity contribution >= 4 is 5.91 Å². The van der Waals surface area contributed by atoms with E-state index in [-0.39, 0.29) is 30.5 Å². The number of nitrogens with one attached hydrogen (secondary N) is 1. The van der Waals surface area contributed by atoms with Crippen LogP contribution in [-0.2, 0) is 11.3 Å². The van der Waals surface area contributed by atoms with Gasteiger partial charge in [0.05, 0.1) is 31.5 Å². The van der Waals surface area contributed by atoms with Gasteiger partial charge in [0.1, 0.15) is 0 Å². The zero-order valence-corrected chi connectivity index (χ0v) is 15.7. The number of carbonyl (C=O) groups excluding carboxylic acids is 1. The maximum Gasteiger partial charge on any atom is 0.234 e. The molecule has 0 aromatic carbocycles. The molecular formula is C20H26N4O3. The predicted molar refractivity (Wildman–Crippen MR) is 101 cm³/mol. The normalized spacial score (nSPS) is 20.0. The van der Waals surface area contributed by atoms with Crippen LogP contribution in [0.3, 0.4) is 0 Å². The SMILES string of the molecule is COc1ccc([C@H](NC(=O)CN(C)Cc2ccccn2)C2CC(O)C2)cn1. The minimum atomic E-state index is -0.285. The summed E-state index contributed by atoms with van der Waals surface area (Å²) in [4.78, 5) is 23.1. The maximum absolute atomic E-state index is 12.6. The molecule has 0 radical (unpaired) electrons. The van der Waals surface area contributed by atoms with Gasteiger partial charge in [-0.2, -0.15) is 0 Å². The molecule has 0 saturated heterocycles. The molecule has 0 bridgehead atoms. The topological polar surface area (TPSA) is 87.6 Å². The van der Waals surface area contributed by atoms with Crippen LogP contribution in [-0.4, -0.2) is 52.7 Å². The number of pyridine rings is 2. The molecule has 3 rings (SSSR count). The number of nitrogens with zero attached hydrogens (tertiary/aromatic N) is 3. The van der Waals surface area contributed by atoms with Gasteiger partial charge in [0, 0.05) is 25.0 Å². The second-order valence-electron chi connectivity index (χ2n) is 7.06. The Morgan fingerprint density at radius 1 is 1.33 bits per heavy atom. The Morgan fingerprint density at radius 2 is 2.15 bits per heavy atom. The van der Waals surface area contributed by atoms with Crippen LogP contribution >= 0.6 is 0 Å². The molecular weight excluding hydrogens is 344 g/mol. The summed E-state index contributed by atoms with van der Waals surface area (Å²) in [6, 6.07) is 9.29. The Hall–Kier alpha value is -2.51. The molecule has 27 heavy (non-hydrogen) atoms. The summed E-state index contributed by atoms with van der Waals surface area (Å²) < 4.78 is 5.11. The summed E-state index contributed by atoms with van der Waals surface area (Å²) in [5.74, 6) is 0.684. The van der Waals surface area contributed by atoms with Crippen molar-refractivity contribution in [1.82, 2.24) is 20.2 Å². The first-order chi connectivity index (χ1) is 13.0. The highest BCUT2D eigenvalue weighted by Crippen LogP contribution is 2.38. The third kappa shape index (κ3) is 5.24. The van der Waals surface area contributed by atoms with Gasteiger partial charge >= 0.3 is 0 Å². The van der Waals surface area contributed by atoms with Crippen LogP contribution < -0.4 is 10.1 Å². The van der Waals surface area contributed by atoms with Crippen LogP contribution in [0.1, 0.15) is 30.1 Å². The Labute approximate surface area is 159 Å². The van der Waals surface area contributed by atoms with Crippen LogP contribution in [0.4, 0.5) is 0 Å². The van der Waals surface area contributed by atoms with Gasteiger partial charge < -0.3 is 15.2 Å². The molecule has 1 saturated carbocycles. The van der Waals surface area contributed by atoms with E-state index in [1.54, 1.807) is 25.6 Å². The van der Waals surface area contributed by atoms with E-state index in [2.05, 4.69) is 15.3 Å². The molecule has 1 aliphatic carbocycles. The average Bonchev–Trinajstić information content (AvgIpc) is 2.64. The van der Waals surface area contributed by atoms with Crippen molar-refractivity contribution in [2.45, 2.75) is 31.5 Å². The monoisotopic (exact) mass is 370 g/mol. The molecule has 7 nitrogen and oxygen atoms in total. The Bertz CT molecular complexity index is 733. The molecule has 1 aliphatic rings. The number of amides is 1. The molecule has 0 aliphatic heterocycles. The van der Waals surface area contributed by atoms with E-state index in [9.17, 15) is 9.90 Å². The molecule has 1 fully saturated rings. The minimum absolute atomic E-state index is 0.0596. The number of methoxy groups -OCH3 is 1. The van der Waals surface area contributed by atoms with E-state index >= 15 is 0 Å². The van der Waals surface area contributed by atoms with Gasteiger partial charge in [-0.05, 0) is 43.5 Å². The van der Waals surface area contributed by atoms with E-state index < -0.39 is 0 Å². The molecule has 0 unspecified atom stereocenters. The molecule has 144 valence electrons. The van der Waals surface area contributed by atoms with Crippen LogP contribution in [0.15, 0.2) is 42.7 Å². The van der Waals surface area contributed by atoms with Crippen molar-refractivity contribution in [2.75, 3.05) is 20.7 Å². The predicted octanol–water partition coefficient (Wildman–Crippen LogP) is 1.55. The molecule has 7 heteroatoms. The van der Waals surface area contributed by atoms with Crippen molar-refractivity contribution in [1.29, 1.82) is 0 Å². The van der Waals surface area contributed by atoms with Crippen molar-refractivity contribution < 1.29 is 14.6 Å². The lowest BCUT2D eigenvalue weighted by Crippen LogP contribution is -2.44. The molecule has 2 aromatic heterocycles. The summed E-state index contributed by atoms with van der Waals surface area (Å²) in [6.45, 7) is 0.872. The Kier molecular flexibility index (Phi) is 6.36. The summed E-state index contributed by atoms with van der Waals surface area (Å²) >= 11 is 0. The number of carbonyl (C=O) groups is 1. The number of likely N-dealkylation sites (N-methyl/N-ethyl adjacent to an activating group) is 1. The number of hydrogen-bond donors (Lipinski definition) is 2. The van der Waals surface area contributed by atoms with Crippen LogP contribution in [0, 0.1) is 5.92 Å². The molecule has 1 atom stereocenters. The largest absolute Gasteiger partial charge is 0.481 e. The fourth-order valence-electron chi connectivity index (χ4n) is 3.36. The van der Waals surface area contributed by atoms with E-state index in [0.29, 0.717) is 25.3 Å². The van der Waals surface area contributed by atoms with Gasteiger partial charge in [-0.15, -0.1) is 0 Å². The first-order valence-corrected chi connectivity index (χ1v) is 9.11. The van der Waals surface area contributed by atoms with Gasteiger partial charge in [-0.25, -0.2) is 4.98 Å². The number of aromatic nitrogens is 2. The quantitative estimate of drug-likeness (QED) is 0.733. The lowest BCUT2D eigenvalue weighted by atomic mass is 9.75. The Balaban J connectivity index is 1.61. The van der Waals surface area contributed by atoms with Crippen molar-refractivity contribution in [3.63, 3.8) is 0 Å². The first-order valence-electron chi connectivity index (χ1n) is 9.11. The molecule has 2 aromatic rings. The summed E-state index contributed by atoms with van der Waals surface area (Å²) in [5.41, 5.74) is 1.85. The van der Waals surface area contributed by atoms with E-state index in [4.69, 9.17) is 4.74 Å². The fourth-order valence-corrected chi connectivity index (χ4v) is 3.36. The van der Waals surface area contributed by atoms with Crippen LogP contribution in [0.2, 0.25) is 0 Å². The lowest BCUT2D eigenvalue weighted by molar-refractivity contribution is -0.124. The van der Waals surface area contributed by atoms with Gasteiger partial charge in [0.2, 0.25) is 11.8 Å². The van der Waals surface area contributed by atoms with Crippen LogP contribution in [0.25, 0.3) is 0 Å². The number of hydrogen-bond acceptors (Lipinski definition) is 6. The molecule has 1 amide bonds. The standard InChI is InChI=1S/C20H26N4O3/c1-24(12-16-5-3-4-8-21-16)13-18(26)23-20(15-9-17(25)10-15)14-6-7-19(27-2)22-11-14/h3-8,11,15,17,20,25H,9-10,12-13H2,1-2H3,(H,23,26)/t15?,17?,20-/m0/s1. The lowest BCUT2D eigenvalue weighted by Gasteiger charge is -2.38. The van der Waals surface area contributed by atoms with Crippen molar-refractivity contribution in [2.24, 2.45) is 5.92 Å². The molecule has 0 spiro atoms. The third-order valence-electron chi connectivity index (χ3n) is 4.84. The van der Waals surface area contributed by atoms with Gasteiger partial charge in [-0.1, -0.05) is 12.1 Å². The minimum Gasteiger partial charge on any atom is -0.481 e. The summed E-state index contributed by atoms with van der Waals surface area (Å²) in [5, 5.41) is 12.8. The maximum atomic E-state index is 12.6. The number of ether oxygens (including phenoxy) is 1. The number of aliphatic hydroxyl groups is 1. The fraction of sp³-hybridized carbons (Fsp3) is 0.450. The van der Waals surface area contributed by atoms with Crippen molar-refractivity contribution in [3.05, 3.63) is 54.0 Å². The smallest absolute Gasteiger partial charge is 0.234 e. The number of aliphatic hydroxyl groups excluding tert-OH is 1. The van der Waals surface area contributed by atoms with Gasteiger partial charge in [-0.3, -0.25) is 14.7 Å². The van der Waals surface area contributed by atoms with Gasteiger partial charge in [0.15, 0.2) is 0 Å². The molecule has 2 heterocycles. The van der Waals surface area contributed by atoms with E-state index in [1.165, 1.54) is 0 Å². The second kappa shape index (κ2) is 8.92. The zero-order valence-electron chi connectivity index (χ0n) is 15.7. The highest BCUT2D eigenvalue weighted by molar-refractivity contribution is 5.78. The van der Waals surface area contributed by atoms with Crippen LogP contribution in [0.5, 0.6) is 5.88 Å². The second-order valence-corrected chi connectivity index (χ2v) is 7.06. The zero-order chi connectivity index (χ0) is 19.2. The highest BCUT2D eigenvalue weighted by Gasteiger charge is 2.35. The average molecular weight is 370 g/mol. The first kappa shape index (κ1) is 19.3. The summed E-state index contributed by atoms with van der Waals surface area (Å²) in [7, 11) is 3.46. The molecule has 2 N–H and O–H groups in total. The van der Waals surface area contributed by atoms with Crippen molar-refractivity contribution in [3.8, 4) is 5.88 Å². The third-order valence-corrected chi connectivity index (χ3v) is 4.84. The van der Waals surface area contributed by atoms with E-state index in [0.717, 1.165) is 11.3 Å². The van der Waals surface area contributed by atoms with Gasteiger partial charge in [0.25, 0.3) is 0 Å². The van der Waals surface area contributed by atoms with E-state index in [1.807, 2.05) is 36.2 Å². The number of rotatable bonds is 8. The highest BCUT2D eigenvalue weighted by atomic mass is 16.5. The summed E-state index contributed by atoms with van der Waals surface area (Å²) in [6.07, 6.45) is 4.55.